The molecule has 0 aliphatic rings. The van der Waals surface area contributed by atoms with E-state index in [0.717, 1.165) is 43.1 Å². The molecule has 0 atom stereocenters. The minimum Gasteiger partial charge on any atom is -0.323 e. The van der Waals surface area contributed by atoms with Crippen LogP contribution in [0.2, 0.25) is 0 Å². The first-order chi connectivity index (χ1) is 13.7. The average molecular weight is 503 g/mol. The molecule has 0 spiro atoms. The van der Waals surface area contributed by atoms with Crippen LogP contribution in [0.3, 0.4) is 0 Å². The van der Waals surface area contributed by atoms with Gasteiger partial charge in [0.25, 0.3) is 0 Å². The van der Waals surface area contributed by atoms with Gasteiger partial charge in [-0.05, 0) is 46.6 Å². The molecule has 0 fully saturated rings. The Kier molecular flexibility index (Phi) is 6.32. The molecule has 4 rings (SSSR count). The molecule has 0 N–H and O–H groups in total. The highest BCUT2D eigenvalue weighted by Gasteiger charge is 2.17. The van der Waals surface area contributed by atoms with Gasteiger partial charge in [-0.25, -0.2) is 9.97 Å². The Morgan fingerprint density at radius 3 is 2.29 bits per heavy atom. The van der Waals surface area contributed by atoms with Crippen LogP contribution in [0, 0.1) is 0 Å². The molecule has 0 bridgehead atoms. The lowest BCUT2D eigenvalue weighted by atomic mass is 10.1. The zero-order chi connectivity index (χ0) is 19.5. The molecule has 0 saturated carbocycles. The Balaban J connectivity index is 1.71. The van der Waals surface area contributed by atoms with Gasteiger partial charge >= 0.3 is 0 Å². The van der Waals surface area contributed by atoms with Gasteiger partial charge in [-0.3, -0.25) is 0 Å². The van der Waals surface area contributed by atoms with Crippen LogP contribution in [-0.2, 0) is 6.54 Å². The van der Waals surface area contributed by atoms with Crippen LogP contribution in [0.4, 0.5) is 0 Å². The third-order valence-electron chi connectivity index (χ3n) is 5.35. The van der Waals surface area contributed by atoms with E-state index in [2.05, 4.69) is 55.5 Å². The van der Waals surface area contributed by atoms with Crippen LogP contribution >= 0.6 is 31.9 Å². The summed E-state index contributed by atoms with van der Waals surface area (Å²) < 4.78 is 4.49. The summed E-state index contributed by atoms with van der Waals surface area (Å²) in [7, 11) is 0. The second-order valence-electron chi connectivity index (χ2n) is 7.44. The van der Waals surface area contributed by atoms with E-state index in [1.807, 2.05) is 24.3 Å². The minimum absolute atomic E-state index is 0.945. The number of aromatic nitrogens is 3. The van der Waals surface area contributed by atoms with Crippen LogP contribution < -0.4 is 0 Å². The molecular formula is C23H25Br2N3. The number of unbranched alkanes of at least 4 members (excludes halogenated alkanes) is 6. The number of nitrogens with zero attached hydrogens (tertiary/aromatic N) is 3. The summed E-state index contributed by atoms with van der Waals surface area (Å²) >= 11 is 7.41. The van der Waals surface area contributed by atoms with Crippen molar-refractivity contribution in [3.8, 4) is 0 Å². The lowest BCUT2D eigenvalue weighted by Crippen LogP contribution is -2.00. The highest BCUT2D eigenvalue weighted by atomic mass is 79.9. The third kappa shape index (κ3) is 3.97. The van der Waals surface area contributed by atoms with E-state index in [1.54, 1.807) is 0 Å². The highest BCUT2D eigenvalue weighted by Crippen LogP contribution is 2.35. The van der Waals surface area contributed by atoms with E-state index in [-0.39, 0.29) is 0 Å². The predicted molar refractivity (Wildman–Crippen MR) is 126 cm³/mol. The van der Waals surface area contributed by atoms with E-state index in [9.17, 15) is 0 Å². The van der Waals surface area contributed by atoms with Crippen molar-refractivity contribution < 1.29 is 0 Å². The van der Waals surface area contributed by atoms with Gasteiger partial charge in [0.2, 0.25) is 0 Å². The molecule has 0 aliphatic carbocycles. The monoisotopic (exact) mass is 501 g/mol. The summed E-state index contributed by atoms with van der Waals surface area (Å²) in [6.45, 7) is 3.24. The van der Waals surface area contributed by atoms with Gasteiger partial charge in [-0.2, -0.15) is 0 Å². The molecule has 0 unspecified atom stereocenters. The smallest absolute Gasteiger partial charge is 0.160 e. The van der Waals surface area contributed by atoms with Crippen molar-refractivity contribution >= 4 is 65.0 Å². The van der Waals surface area contributed by atoms with Crippen LogP contribution in [0.5, 0.6) is 0 Å². The largest absolute Gasteiger partial charge is 0.323 e. The van der Waals surface area contributed by atoms with Crippen LogP contribution in [0.15, 0.2) is 45.3 Å². The second kappa shape index (κ2) is 8.91. The molecule has 0 saturated heterocycles. The van der Waals surface area contributed by atoms with Crippen molar-refractivity contribution in [1.82, 2.24) is 14.5 Å². The zero-order valence-electron chi connectivity index (χ0n) is 16.2. The van der Waals surface area contributed by atoms with Crippen molar-refractivity contribution in [2.24, 2.45) is 0 Å². The Bertz CT molecular complexity index is 1120. The molecule has 28 heavy (non-hydrogen) atoms. The average Bonchev–Trinajstić information content (AvgIpc) is 2.98. The zero-order valence-corrected chi connectivity index (χ0v) is 19.4. The molecular weight excluding hydrogens is 478 g/mol. The maximum atomic E-state index is 4.99. The van der Waals surface area contributed by atoms with Crippen molar-refractivity contribution in [3.05, 3.63) is 45.3 Å². The number of hydrogen-bond donors (Lipinski definition) is 0. The normalized spacial score (nSPS) is 11.8. The molecule has 0 aliphatic heterocycles. The van der Waals surface area contributed by atoms with Crippen LogP contribution in [0.25, 0.3) is 33.1 Å². The molecule has 4 aromatic rings. The van der Waals surface area contributed by atoms with Gasteiger partial charge in [0.15, 0.2) is 5.65 Å². The summed E-state index contributed by atoms with van der Waals surface area (Å²) in [6, 6.07) is 12.4. The topological polar surface area (TPSA) is 30.7 Å². The van der Waals surface area contributed by atoms with E-state index in [4.69, 9.17) is 9.97 Å². The van der Waals surface area contributed by atoms with Gasteiger partial charge in [0.1, 0.15) is 5.52 Å². The van der Waals surface area contributed by atoms with Crippen molar-refractivity contribution in [2.75, 3.05) is 0 Å². The highest BCUT2D eigenvalue weighted by molar-refractivity contribution is 9.11. The Morgan fingerprint density at radius 2 is 1.54 bits per heavy atom. The van der Waals surface area contributed by atoms with Crippen molar-refractivity contribution in [3.63, 3.8) is 0 Å². The van der Waals surface area contributed by atoms with Crippen molar-refractivity contribution in [2.45, 2.75) is 58.4 Å². The number of hydrogen-bond acceptors (Lipinski definition) is 2. The van der Waals surface area contributed by atoms with Gasteiger partial charge in [-0.1, -0.05) is 73.5 Å². The number of benzene rings is 2. The second-order valence-corrected chi connectivity index (χ2v) is 9.21. The van der Waals surface area contributed by atoms with Crippen LogP contribution in [0.1, 0.15) is 51.9 Å². The fourth-order valence-electron chi connectivity index (χ4n) is 3.93. The SMILES string of the molecule is CCCCCCCCCn1c2nc3ccccc3nc2c2cc(Br)cc(Br)c21. The predicted octanol–water partition coefficient (Wildman–Crippen LogP) is 8.01. The molecule has 0 amide bonds. The summed E-state index contributed by atoms with van der Waals surface area (Å²) in [6.07, 6.45) is 9.13. The number of aryl methyl sites for hydroxylation is 1. The maximum Gasteiger partial charge on any atom is 0.160 e. The molecule has 5 heteroatoms. The summed E-state index contributed by atoms with van der Waals surface area (Å²) in [5.41, 5.74) is 5.06. The molecule has 2 heterocycles. The fourth-order valence-corrected chi connectivity index (χ4v) is 5.37. The molecule has 2 aromatic heterocycles. The fraction of sp³-hybridized carbons (Fsp3) is 0.391. The molecule has 146 valence electrons. The number of para-hydroxylation sites is 2. The summed E-state index contributed by atoms with van der Waals surface area (Å²) in [5.74, 6) is 0. The van der Waals surface area contributed by atoms with Gasteiger partial charge in [-0.15, -0.1) is 0 Å². The van der Waals surface area contributed by atoms with Gasteiger partial charge in [0, 0.05) is 20.9 Å². The first-order valence-corrected chi connectivity index (χ1v) is 11.8. The van der Waals surface area contributed by atoms with Gasteiger partial charge in [0.05, 0.1) is 16.6 Å². The first kappa shape index (κ1) is 19.8. The van der Waals surface area contributed by atoms with E-state index < -0.39 is 0 Å². The minimum atomic E-state index is 0.945. The maximum absolute atomic E-state index is 4.99. The lowest BCUT2D eigenvalue weighted by molar-refractivity contribution is 0.560. The number of rotatable bonds is 8. The molecule has 3 nitrogen and oxygen atoms in total. The Morgan fingerprint density at radius 1 is 0.857 bits per heavy atom. The van der Waals surface area contributed by atoms with E-state index in [1.165, 1.54) is 50.5 Å². The van der Waals surface area contributed by atoms with Gasteiger partial charge < -0.3 is 4.57 Å². The van der Waals surface area contributed by atoms with Crippen LogP contribution in [-0.4, -0.2) is 14.5 Å². The van der Waals surface area contributed by atoms with E-state index >= 15 is 0 Å². The Hall–Kier alpha value is -1.46. The third-order valence-corrected chi connectivity index (χ3v) is 6.41. The number of fused-ring (bicyclic) bond motifs is 4. The quantitative estimate of drug-likeness (QED) is 0.228. The van der Waals surface area contributed by atoms with Crippen molar-refractivity contribution in [1.29, 1.82) is 0 Å². The molecule has 2 aromatic carbocycles. The van der Waals surface area contributed by atoms with E-state index in [0.29, 0.717) is 0 Å². The summed E-state index contributed by atoms with van der Waals surface area (Å²) in [4.78, 5) is 9.95. The Labute approximate surface area is 182 Å². The number of halogens is 2. The summed E-state index contributed by atoms with van der Waals surface area (Å²) in [5, 5.41) is 1.15. The molecule has 0 radical (unpaired) electrons. The first-order valence-electron chi connectivity index (χ1n) is 10.2. The standard InChI is InChI=1S/C23H25Br2N3/c1-2-3-4-5-6-7-10-13-28-22-17(14-16(24)15-18(22)25)21-23(28)27-20-12-9-8-11-19(20)26-21/h8-9,11-12,14-15H,2-7,10,13H2,1H3. The lowest BCUT2D eigenvalue weighted by Gasteiger charge is -2.08.